The van der Waals surface area contributed by atoms with E-state index in [0.29, 0.717) is 6.54 Å². The summed E-state index contributed by atoms with van der Waals surface area (Å²) in [6.07, 6.45) is 1.78. The third-order valence-corrected chi connectivity index (χ3v) is 4.82. The number of aryl methyl sites for hydroxylation is 1. The molecule has 0 bridgehead atoms. The molecule has 3 nitrogen and oxygen atoms in total. The normalized spacial score (nSPS) is 11.4. The summed E-state index contributed by atoms with van der Waals surface area (Å²) in [5.41, 5.74) is 2.13. The first-order valence-corrected chi connectivity index (χ1v) is 7.90. The average Bonchev–Trinajstić information content (AvgIpc) is 3.03. The predicted octanol–water partition coefficient (Wildman–Crippen LogP) is 3.70. The SMILES string of the molecule is CCNCc1sc2cccc(F)c2c1Cn1nccc1C. The molecule has 3 aromatic rings. The number of nitrogens with one attached hydrogen (secondary N) is 1. The summed E-state index contributed by atoms with van der Waals surface area (Å²) in [4.78, 5) is 1.19. The van der Waals surface area contributed by atoms with Gasteiger partial charge >= 0.3 is 0 Å². The van der Waals surface area contributed by atoms with Crippen molar-refractivity contribution < 1.29 is 4.39 Å². The van der Waals surface area contributed by atoms with Crippen molar-refractivity contribution in [3.63, 3.8) is 0 Å². The zero-order valence-electron chi connectivity index (χ0n) is 12.2. The minimum Gasteiger partial charge on any atom is -0.312 e. The van der Waals surface area contributed by atoms with Crippen LogP contribution in [0.1, 0.15) is 23.1 Å². The van der Waals surface area contributed by atoms with Crippen LogP contribution in [0.25, 0.3) is 10.1 Å². The Morgan fingerprint density at radius 2 is 2.19 bits per heavy atom. The molecule has 0 aliphatic rings. The fraction of sp³-hybridized carbons (Fsp3) is 0.312. The van der Waals surface area contributed by atoms with E-state index >= 15 is 0 Å². The maximum Gasteiger partial charge on any atom is 0.132 e. The standard InChI is InChI=1S/C16H18FN3S/c1-3-18-9-15-12(10-20-11(2)7-8-19-20)16-13(17)5-4-6-14(16)21-15/h4-8,18H,3,9-10H2,1-2H3. The lowest BCUT2D eigenvalue weighted by molar-refractivity contribution is 0.630. The molecular formula is C16H18FN3S. The van der Waals surface area contributed by atoms with Gasteiger partial charge in [0.15, 0.2) is 0 Å². The van der Waals surface area contributed by atoms with Crippen LogP contribution in [0.5, 0.6) is 0 Å². The number of fused-ring (bicyclic) bond motifs is 1. The Morgan fingerprint density at radius 1 is 1.33 bits per heavy atom. The van der Waals surface area contributed by atoms with Crippen LogP contribution in [-0.2, 0) is 13.1 Å². The fourth-order valence-corrected chi connectivity index (χ4v) is 3.68. The number of nitrogens with zero attached hydrogens (tertiary/aromatic N) is 2. The van der Waals surface area contributed by atoms with E-state index in [9.17, 15) is 4.39 Å². The van der Waals surface area contributed by atoms with Crippen molar-refractivity contribution in [2.75, 3.05) is 6.54 Å². The van der Waals surface area contributed by atoms with E-state index in [4.69, 9.17) is 0 Å². The molecule has 0 saturated carbocycles. The summed E-state index contributed by atoms with van der Waals surface area (Å²) in [5.74, 6) is -0.147. The van der Waals surface area contributed by atoms with Crippen molar-refractivity contribution in [3.8, 4) is 0 Å². The van der Waals surface area contributed by atoms with Crippen LogP contribution in [-0.4, -0.2) is 16.3 Å². The summed E-state index contributed by atoms with van der Waals surface area (Å²) in [6.45, 7) is 6.37. The predicted molar refractivity (Wildman–Crippen MR) is 85.2 cm³/mol. The zero-order valence-corrected chi connectivity index (χ0v) is 13.0. The van der Waals surface area contributed by atoms with Gasteiger partial charge < -0.3 is 5.32 Å². The number of aromatic nitrogens is 2. The van der Waals surface area contributed by atoms with Crippen molar-refractivity contribution >= 4 is 21.4 Å². The molecule has 0 atom stereocenters. The average molecular weight is 303 g/mol. The summed E-state index contributed by atoms with van der Waals surface area (Å²) in [6, 6.07) is 7.26. The van der Waals surface area contributed by atoms with Gasteiger partial charge in [-0.1, -0.05) is 13.0 Å². The first-order valence-electron chi connectivity index (χ1n) is 7.08. The van der Waals surface area contributed by atoms with Gasteiger partial charge in [-0.2, -0.15) is 5.10 Å². The summed E-state index contributed by atoms with van der Waals surface area (Å²) in [7, 11) is 0. The van der Waals surface area contributed by atoms with Crippen LogP contribution in [0.3, 0.4) is 0 Å². The molecule has 0 unspecified atom stereocenters. The van der Waals surface area contributed by atoms with Crippen molar-refractivity contribution in [2.45, 2.75) is 26.9 Å². The van der Waals surface area contributed by atoms with E-state index in [0.717, 1.165) is 34.4 Å². The molecule has 0 aliphatic carbocycles. The van der Waals surface area contributed by atoms with Gasteiger partial charge in [0.2, 0.25) is 0 Å². The third-order valence-electron chi connectivity index (χ3n) is 3.62. The quantitative estimate of drug-likeness (QED) is 0.779. The van der Waals surface area contributed by atoms with Gasteiger partial charge in [-0.15, -0.1) is 11.3 Å². The van der Waals surface area contributed by atoms with Crippen LogP contribution < -0.4 is 5.32 Å². The Bertz CT molecular complexity index is 760. The van der Waals surface area contributed by atoms with E-state index in [1.54, 1.807) is 23.6 Å². The van der Waals surface area contributed by atoms with E-state index in [1.165, 1.54) is 10.9 Å². The molecule has 2 aromatic heterocycles. The van der Waals surface area contributed by atoms with Crippen molar-refractivity contribution in [1.82, 2.24) is 15.1 Å². The van der Waals surface area contributed by atoms with Crippen LogP contribution >= 0.6 is 11.3 Å². The van der Waals surface area contributed by atoms with Gasteiger partial charge in [0.25, 0.3) is 0 Å². The largest absolute Gasteiger partial charge is 0.312 e. The molecule has 0 aliphatic heterocycles. The number of hydrogen-bond donors (Lipinski definition) is 1. The minimum absolute atomic E-state index is 0.147. The van der Waals surface area contributed by atoms with Gasteiger partial charge in [0, 0.05) is 33.4 Å². The second-order valence-electron chi connectivity index (χ2n) is 5.03. The summed E-state index contributed by atoms with van der Waals surface area (Å²) in [5, 5.41) is 8.41. The number of hydrogen-bond acceptors (Lipinski definition) is 3. The highest BCUT2D eigenvalue weighted by Crippen LogP contribution is 2.33. The Balaban J connectivity index is 2.10. The first kappa shape index (κ1) is 14.2. The molecule has 0 spiro atoms. The zero-order chi connectivity index (χ0) is 14.8. The Morgan fingerprint density at radius 3 is 2.90 bits per heavy atom. The topological polar surface area (TPSA) is 29.9 Å². The number of benzene rings is 1. The molecule has 1 aromatic carbocycles. The summed E-state index contributed by atoms with van der Waals surface area (Å²) < 4.78 is 17.2. The molecule has 3 rings (SSSR count). The van der Waals surface area contributed by atoms with E-state index < -0.39 is 0 Å². The molecule has 0 radical (unpaired) electrons. The maximum absolute atomic E-state index is 14.3. The van der Waals surface area contributed by atoms with E-state index in [-0.39, 0.29) is 5.82 Å². The van der Waals surface area contributed by atoms with Crippen LogP contribution in [0.15, 0.2) is 30.5 Å². The molecule has 0 saturated heterocycles. The third kappa shape index (κ3) is 2.71. The lowest BCUT2D eigenvalue weighted by Crippen LogP contribution is -2.13. The monoisotopic (exact) mass is 303 g/mol. The van der Waals surface area contributed by atoms with Crippen LogP contribution in [0.2, 0.25) is 0 Å². The van der Waals surface area contributed by atoms with Gasteiger partial charge in [-0.05, 0) is 37.2 Å². The molecule has 21 heavy (non-hydrogen) atoms. The van der Waals surface area contributed by atoms with E-state index in [1.807, 2.05) is 23.7 Å². The number of thiophene rings is 1. The van der Waals surface area contributed by atoms with Gasteiger partial charge in [0.05, 0.1) is 6.54 Å². The highest BCUT2D eigenvalue weighted by molar-refractivity contribution is 7.19. The lowest BCUT2D eigenvalue weighted by atomic mass is 10.1. The van der Waals surface area contributed by atoms with Crippen molar-refractivity contribution in [1.29, 1.82) is 0 Å². The number of halogens is 1. The highest BCUT2D eigenvalue weighted by atomic mass is 32.1. The smallest absolute Gasteiger partial charge is 0.132 e. The second-order valence-corrected chi connectivity index (χ2v) is 6.16. The Hall–Kier alpha value is -1.72. The van der Waals surface area contributed by atoms with Crippen LogP contribution in [0, 0.1) is 12.7 Å². The molecule has 0 amide bonds. The molecule has 5 heteroatoms. The molecular weight excluding hydrogens is 285 g/mol. The second kappa shape index (κ2) is 5.95. The molecule has 2 heterocycles. The molecule has 1 N–H and O–H groups in total. The first-order chi connectivity index (χ1) is 10.2. The Kier molecular flexibility index (Phi) is 4.03. The van der Waals surface area contributed by atoms with E-state index in [2.05, 4.69) is 17.3 Å². The van der Waals surface area contributed by atoms with Gasteiger partial charge in [-0.3, -0.25) is 4.68 Å². The minimum atomic E-state index is -0.147. The Labute approximate surface area is 127 Å². The highest BCUT2D eigenvalue weighted by Gasteiger charge is 2.16. The van der Waals surface area contributed by atoms with Crippen molar-refractivity contribution in [3.05, 3.63) is 52.4 Å². The van der Waals surface area contributed by atoms with Crippen molar-refractivity contribution in [2.24, 2.45) is 0 Å². The molecule has 110 valence electrons. The number of rotatable bonds is 5. The van der Waals surface area contributed by atoms with Crippen LogP contribution in [0.4, 0.5) is 4.39 Å². The lowest BCUT2D eigenvalue weighted by Gasteiger charge is -2.08. The maximum atomic E-state index is 14.3. The summed E-state index contributed by atoms with van der Waals surface area (Å²) >= 11 is 1.66. The molecule has 0 fully saturated rings. The fourth-order valence-electron chi connectivity index (χ4n) is 2.48. The van der Waals surface area contributed by atoms with Gasteiger partial charge in [0.1, 0.15) is 5.82 Å². The van der Waals surface area contributed by atoms with Gasteiger partial charge in [-0.25, -0.2) is 4.39 Å².